The number of nitrogens with one attached hydrogen (secondary N) is 1. The molecule has 1 amide bonds. The Bertz CT molecular complexity index is 900. The summed E-state index contributed by atoms with van der Waals surface area (Å²) in [6.07, 6.45) is 3.64. The number of benzene rings is 1. The van der Waals surface area contributed by atoms with Crippen LogP contribution in [0.4, 0.5) is 5.82 Å². The van der Waals surface area contributed by atoms with Crippen molar-refractivity contribution >= 4 is 23.5 Å². The average molecular weight is 356 g/mol. The summed E-state index contributed by atoms with van der Waals surface area (Å²) in [6.45, 7) is 7.78. The molecule has 1 atom stereocenters. The van der Waals surface area contributed by atoms with Gasteiger partial charge in [-0.2, -0.15) is 0 Å². The van der Waals surface area contributed by atoms with Gasteiger partial charge in [0.25, 0.3) is 0 Å². The van der Waals surface area contributed by atoms with E-state index in [4.69, 9.17) is 4.52 Å². The fourth-order valence-corrected chi connectivity index (χ4v) is 3.20. The van der Waals surface area contributed by atoms with E-state index >= 15 is 0 Å². The summed E-state index contributed by atoms with van der Waals surface area (Å²) in [6, 6.07) is 7.94. The third-order valence-corrected chi connectivity index (χ3v) is 4.99. The van der Waals surface area contributed by atoms with Crippen LogP contribution in [0.25, 0.3) is 5.69 Å². The molecule has 0 aliphatic heterocycles. The topological polar surface area (TPSA) is 73.0 Å². The van der Waals surface area contributed by atoms with E-state index in [0.29, 0.717) is 11.6 Å². The predicted molar refractivity (Wildman–Crippen MR) is 98.2 cm³/mol. The quantitative estimate of drug-likeness (QED) is 0.702. The zero-order valence-electron chi connectivity index (χ0n) is 14.6. The van der Waals surface area contributed by atoms with Crippen LogP contribution in [0.5, 0.6) is 0 Å². The summed E-state index contributed by atoms with van der Waals surface area (Å²) in [5.74, 6) is 0.932. The zero-order chi connectivity index (χ0) is 18.0. The van der Waals surface area contributed by atoms with Crippen LogP contribution in [0.3, 0.4) is 0 Å². The van der Waals surface area contributed by atoms with E-state index in [1.54, 1.807) is 19.2 Å². The lowest BCUT2D eigenvalue weighted by molar-refractivity contribution is -0.115. The van der Waals surface area contributed by atoms with Crippen molar-refractivity contribution in [1.82, 2.24) is 14.7 Å². The molecule has 0 aliphatic rings. The number of rotatable bonds is 5. The van der Waals surface area contributed by atoms with E-state index in [-0.39, 0.29) is 11.2 Å². The minimum atomic E-state index is -0.329. The minimum absolute atomic E-state index is 0.145. The van der Waals surface area contributed by atoms with Gasteiger partial charge in [0.1, 0.15) is 5.76 Å². The largest absolute Gasteiger partial charge is 0.360 e. The summed E-state index contributed by atoms with van der Waals surface area (Å²) in [5, 5.41) is 6.97. The number of carbonyl (C=O) groups is 1. The summed E-state index contributed by atoms with van der Waals surface area (Å²) in [4.78, 5) is 16.7. The molecular weight excluding hydrogens is 336 g/mol. The van der Waals surface area contributed by atoms with Crippen molar-refractivity contribution in [3.8, 4) is 5.69 Å². The molecule has 0 spiro atoms. The molecule has 2 heterocycles. The van der Waals surface area contributed by atoms with Crippen LogP contribution in [0.15, 0.2) is 46.3 Å². The van der Waals surface area contributed by atoms with Gasteiger partial charge in [-0.15, -0.1) is 0 Å². The lowest BCUT2D eigenvalue weighted by Crippen LogP contribution is -2.23. The van der Waals surface area contributed by atoms with Crippen molar-refractivity contribution in [2.75, 3.05) is 5.32 Å². The summed E-state index contributed by atoms with van der Waals surface area (Å²) in [7, 11) is 0. The fourth-order valence-electron chi connectivity index (χ4n) is 2.31. The van der Waals surface area contributed by atoms with E-state index in [0.717, 1.165) is 10.8 Å². The van der Waals surface area contributed by atoms with Crippen molar-refractivity contribution in [2.24, 2.45) is 0 Å². The molecule has 1 aromatic carbocycles. The van der Waals surface area contributed by atoms with Crippen LogP contribution in [0.1, 0.15) is 23.8 Å². The van der Waals surface area contributed by atoms with Gasteiger partial charge in [-0.1, -0.05) is 23.0 Å². The molecule has 3 aromatic rings. The predicted octanol–water partition coefficient (Wildman–Crippen LogP) is 3.90. The Morgan fingerprint density at radius 2 is 2.04 bits per heavy atom. The standard InChI is InChI=1S/C18H20N4O2S/c1-11-5-6-15(9-12(11)2)22-8-7-19-18(22)25-14(4)17(23)20-16-10-13(3)24-21-16/h5-10,14H,1-4H3,(H,20,21,23)/t14-/m0/s1. The molecular formula is C18H20N4O2S. The number of imidazole rings is 1. The lowest BCUT2D eigenvalue weighted by atomic mass is 10.1. The van der Waals surface area contributed by atoms with Crippen molar-refractivity contribution in [3.05, 3.63) is 53.5 Å². The number of nitrogens with zero attached hydrogens (tertiary/aromatic N) is 3. The molecule has 130 valence electrons. The van der Waals surface area contributed by atoms with E-state index in [1.807, 2.05) is 17.7 Å². The first-order chi connectivity index (χ1) is 11.9. The maximum Gasteiger partial charge on any atom is 0.238 e. The normalized spacial score (nSPS) is 12.2. The summed E-state index contributed by atoms with van der Waals surface area (Å²) < 4.78 is 6.95. The molecule has 0 bridgehead atoms. The van der Waals surface area contributed by atoms with Crippen molar-refractivity contribution in [2.45, 2.75) is 38.1 Å². The van der Waals surface area contributed by atoms with Gasteiger partial charge in [0.05, 0.1) is 5.25 Å². The molecule has 3 rings (SSSR count). The Morgan fingerprint density at radius 1 is 1.24 bits per heavy atom. The second-order valence-corrected chi connectivity index (χ2v) is 7.23. The monoisotopic (exact) mass is 356 g/mol. The van der Waals surface area contributed by atoms with Gasteiger partial charge in [-0.25, -0.2) is 4.98 Å². The molecule has 7 heteroatoms. The van der Waals surface area contributed by atoms with Crippen LogP contribution < -0.4 is 5.32 Å². The number of aryl methyl sites for hydroxylation is 3. The first-order valence-electron chi connectivity index (χ1n) is 7.96. The van der Waals surface area contributed by atoms with Crippen LogP contribution in [-0.2, 0) is 4.79 Å². The first kappa shape index (κ1) is 17.3. The minimum Gasteiger partial charge on any atom is -0.360 e. The third kappa shape index (κ3) is 3.93. The highest BCUT2D eigenvalue weighted by Crippen LogP contribution is 2.26. The van der Waals surface area contributed by atoms with E-state index in [2.05, 4.69) is 47.5 Å². The average Bonchev–Trinajstić information content (AvgIpc) is 3.19. The first-order valence-corrected chi connectivity index (χ1v) is 8.84. The van der Waals surface area contributed by atoms with Gasteiger partial charge in [0, 0.05) is 24.1 Å². The molecule has 0 aliphatic carbocycles. The molecule has 0 radical (unpaired) electrons. The van der Waals surface area contributed by atoms with Gasteiger partial charge in [-0.05, 0) is 51.0 Å². The Labute approximate surface area is 150 Å². The van der Waals surface area contributed by atoms with Gasteiger partial charge in [0.2, 0.25) is 5.91 Å². The zero-order valence-corrected chi connectivity index (χ0v) is 15.4. The number of carbonyl (C=O) groups excluding carboxylic acids is 1. The Balaban J connectivity index is 1.73. The molecule has 0 saturated carbocycles. The van der Waals surface area contributed by atoms with Crippen molar-refractivity contribution < 1.29 is 9.32 Å². The fraction of sp³-hybridized carbons (Fsp3) is 0.278. The molecule has 1 N–H and O–H groups in total. The van der Waals surface area contributed by atoms with Gasteiger partial charge in [-0.3, -0.25) is 9.36 Å². The number of aromatic nitrogens is 3. The maximum atomic E-state index is 12.3. The number of hydrogen-bond donors (Lipinski definition) is 1. The van der Waals surface area contributed by atoms with Gasteiger partial charge < -0.3 is 9.84 Å². The molecule has 2 aromatic heterocycles. The molecule has 6 nitrogen and oxygen atoms in total. The Kier molecular flexibility index (Phi) is 4.94. The smallest absolute Gasteiger partial charge is 0.238 e. The van der Waals surface area contributed by atoms with Crippen molar-refractivity contribution in [3.63, 3.8) is 0 Å². The van der Waals surface area contributed by atoms with Crippen molar-refractivity contribution in [1.29, 1.82) is 0 Å². The van der Waals surface area contributed by atoms with E-state index in [1.165, 1.54) is 22.9 Å². The third-order valence-electron chi connectivity index (χ3n) is 3.91. The number of thioether (sulfide) groups is 1. The molecule has 0 unspecified atom stereocenters. The lowest BCUT2D eigenvalue weighted by Gasteiger charge is -2.13. The van der Waals surface area contributed by atoms with E-state index < -0.39 is 0 Å². The molecule has 0 fully saturated rings. The van der Waals surface area contributed by atoms with E-state index in [9.17, 15) is 4.79 Å². The SMILES string of the molecule is Cc1cc(NC(=O)[C@H](C)Sc2nccn2-c2ccc(C)c(C)c2)no1. The Hall–Kier alpha value is -2.54. The number of anilines is 1. The number of amides is 1. The highest BCUT2D eigenvalue weighted by atomic mass is 32.2. The van der Waals surface area contributed by atoms with Crippen LogP contribution in [0, 0.1) is 20.8 Å². The van der Waals surface area contributed by atoms with Gasteiger partial charge in [0.15, 0.2) is 11.0 Å². The van der Waals surface area contributed by atoms with Crippen LogP contribution in [0.2, 0.25) is 0 Å². The highest BCUT2D eigenvalue weighted by Gasteiger charge is 2.19. The van der Waals surface area contributed by atoms with Crippen LogP contribution >= 0.6 is 11.8 Å². The maximum absolute atomic E-state index is 12.3. The molecule has 0 saturated heterocycles. The highest BCUT2D eigenvalue weighted by molar-refractivity contribution is 8.00. The summed E-state index contributed by atoms with van der Waals surface area (Å²) >= 11 is 1.40. The molecule has 25 heavy (non-hydrogen) atoms. The van der Waals surface area contributed by atoms with Gasteiger partial charge >= 0.3 is 0 Å². The summed E-state index contributed by atoms with van der Waals surface area (Å²) in [5.41, 5.74) is 3.49. The second-order valence-electron chi connectivity index (χ2n) is 5.92. The van der Waals surface area contributed by atoms with Crippen LogP contribution in [-0.4, -0.2) is 25.9 Å². The Morgan fingerprint density at radius 3 is 2.72 bits per heavy atom. The second kappa shape index (κ2) is 7.14. The number of hydrogen-bond acceptors (Lipinski definition) is 5.